The second kappa shape index (κ2) is 6.11. The number of alkyl halides is 6. The van der Waals surface area contributed by atoms with Gasteiger partial charge in [0, 0.05) is 12.1 Å². The van der Waals surface area contributed by atoms with Crippen molar-refractivity contribution in [3.63, 3.8) is 0 Å². The number of benzene rings is 2. The standard InChI is InChI=1S/C15H11F6NO/c16-14(17,18)10-5-6-11(9(7-10)8-22)12-3-1-2-4-13(12)23-15(19,20)21/h1-7H,8,22H2. The molecule has 2 rings (SSSR count). The van der Waals surface area contributed by atoms with Crippen LogP contribution >= 0.6 is 0 Å². The minimum atomic E-state index is -4.91. The Morgan fingerprint density at radius 1 is 0.870 bits per heavy atom. The number of hydrogen-bond acceptors (Lipinski definition) is 2. The van der Waals surface area contributed by atoms with Gasteiger partial charge in [0.15, 0.2) is 0 Å². The van der Waals surface area contributed by atoms with E-state index in [0.717, 1.165) is 24.3 Å². The van der Waals surface area contributed by atoms with Crippen molar-refractivity contribution in [2.45, 2.75) is 19.1 Å². The van der Waals surface area contributed by atoms with Gasteiger partial charge in [-0.25, -0.2) is 0 Å². The molecule has 8 heteroatoms. The lowest BCUT2D eigenvalue weighted by atomic mass is 9.96. The zero-order chi connectivity index (χ0) is 17.3. The molecule has 0 fully saturated rings. The van der Waals surface area contributed by atoms with Crippen LogP contribution in [-0.4, -0.2) is 6.36 Å². The lowest BCUT2D eigenvalue weighted by Crippen LogP contribution is -2.17. The van der Waals surface area contributed by atoms with Gasteiger partial charge in [0.2, 0.25) is 0 Å². The molecular weight excluding hydrogens is 324 g/mol. The first-order valence-electron chi connectivity index (χ1n) is 6.37. The third kappa shape index (κ3) is 4.16. The molecule has 2 N–H and O–H groups in total. The summed E-state index contributed by atoms with van der Waals surface area (Å²) in [5.74, 6) is -0.505. The van der Waals surface area contributed by atoms with Crippen LogP contribution < -0.4 is 10.5 Å². The average molecular weight is 335 g/mol. The Labute approximate surface area is 127 Å². The van der Waals surface area contributed by atoms with Crippen LogP contribution in [0.2, 0.25) is 0 Å². The highest BCUT2D eigenvalue weighted by atomic mass is 19.4. The zero-order valence-corrected chi connectivity index (χ0v) is 11.5. The molecule has 124 valence electrons. The summed E-state index contributed by atoms with van der Waals surface area (Å²) in [6.07, 6.45) is -9.48. The molecule has 0 bridgehead atoms. The fraction of sp³-hybridized carbons (Fsp3) is 0.200. The van der Waals surface area contributed by atoms with E-state index < -0.39 is 23.9 Å². The first kappa shape index (κ1) is 17.1. The summed E-state index contributed by atoms with van der Waals surface area (Å²) in [5.41, 5.74) is 4.76. The van der Waals surface area contributed by atoms with Gasteiger partial charge >= 0.3 is 12.5 Å². The molecule has 0 aliphatic heterocycles. The van der Waals surface area contributed by atoms with Crippen molar-refractivity contribution in [1.29, 1.82) is 0 Å². The summed E-state index contributed by atoms with van der Waals surface area (Å²) in [6.45, 7) is -0.264. The predicted molar refractivity (Wildman–Crippen MR) is 71.5 cm³/mol. The molecule has 0 aliphatic carbocycles. The first-order valence-corrected chi connectivity index (χ1v) is 6.37. The van der Waals surface area contributed by atoms with Gasteiger partial charge in [-0.15, -0.1) is 13.2 Å². The molecule has 0 unspecified atom stereocenters. The lowest BCUT2D eigenvalue weighted by Gasteiger charge is -2.16. The minimum Gasteiger partial charge on any atom is -0.405 e. The average Bonchev–Trinajstić information content (AvgIpc) is 2.44. The van der Waals surface area contributed by atoms with Crippen LogP contribution in [0.3, 0.4) is 0 Å². The molecule has 2 nitrogen and oxygen atoms in total. The Hall–Kier alpha value is -2.22. The van der Waals surface area contributed by atoms with Crippen LogP contribution in [-0.2, 0) is 12.7 Å². The Morgan fingerprint density at radius 2 is 1.52 bits per heavy atom. The molecule has 2 aromatic rings. The van der Waals surface area contributed by atoms with Crippen molar-refractivity contribution in [2.75, 3.05) is 0 Å². The van der Waals surface area contributed by atoms with E-state index in [4.69, 9.17) is 5.73 Å². The van der Waals surface area contributed by atoms with Crippen LogP contribution in [0.25, 0.3) is 11.1 Å². The second-order valence-corrected chi connectivity index (χ2v) is 4.62. The molecule has 0 aromatic heterocycles. The van der Waals surface area contributed by atoms with Gasteiger partial charge in [0.05, 0.1) is 5.56 Å². The third-order valence-corrected chi connectivity index (χ3v) is 3.06. The normalized spacial score (nSPS) is 12.3. The van der Waals surface area contributed by atoms with E-state index in [1.165, 1.54) is 18.2 Å². The lowest BCUT2D eigenvalue weighted by molar-refractivity contribution is -0.274. The van der Waals surface area contributed by atoms with Crippen molar-refractivity contribution in [3.05, 3.63) is 53.6 Å². The van der Waals surface area contributed by atoms with Crippen molar-refractivity contribution < 1.29 is 31.1 Å². The Kier molecular flexibility index (Phi) is 4.56. The zero-order valence-electron chi connectivity index (χ0n) is 11.5. The van der Waals surface area contributed by atoms with Crippen LogP contribution in [0.1, 0.15) is 11.1 Å². The first-order chi connectivity index (χ1) is 10.6. The van der Waals surface area contributed by atoms with Crippen LogP contribution in [0.5, 0.6) is 5.75 Å². The van der Waals surface area contributed by atoms with E-state index in [2.05, 4.69) is 4.74 Å². The maximum absolute atomic E-state index is 12.7. The molecule has 0 saturated heterocycles. The summed E-state index contributed by atoms with van der Waals surface area (Å²) >= 11 is 0. The predicted octanol–water partition coefficient (Wildman–Crippen LogP) is 4.73. The molecular formula is C15H11F6NO. The van der Waals surface area contributed by atoms with Gasteiger partial charge in [-0.2, -0.15) is 13.2 Å². The number of hydrogen-bond donors (Lipinski definition) is 1. The van der Waals surface area contributed by atoms with Crippen molar-refractivity contribution in [1.82, 2.24) is 0 Å². The Balaban J connectivity index is 2.55. The molecule has 0 aliphatic rings. The van der Waals surface area contributed by atoms with Crippen molar-refractivity contribution in [2.24, 2.45) is 5.73 Å². The number of halogens is 6. The molecule has 0 radical (unpaired) electrons. The number of rotatable bonds is 3. The summed E-state index contributed by atoms with van der Waals surface area (Å²) in [4.78, 5) is 0. The van der Waals surface area contributed by atoms with Crippen LogP contribution in [0, 0.1) is 0 Å². The highest BCUT2D eigenvalue weighted by Crippen LogP contribution is 2.38. The van der Waals surface area contributed by atoms with Crippen molar-refractivity contribution in [3.8, 4) is 16.9 Å². The van der Waals surface area contributed by atoms with Gasteiger partial charge in [0.1, 0.15) is 5.75 Å². The third-order valence-electron chi connectivity index (χ3n) is 3.06. The van der Waals surface area contributed by atoms with E-state index in [-0.39, 0.29) is 23.2 Å². The highest BCUT2D eigenvalue weighted by Gasteiger charge is 2.33. The SMILES string of the molecule is NCc1cc(C(F)(F)F)ccc1-c1ccccc1OC(F)(F)F. The molecule has 2 aromatic carbocycles. The van der Waals surface area contributed by atoms with Gasteiger partial charge < -0.3 is 10.5 Å². The van der Waals surface area contributed by atoms with E-state index in [1.807, 2.05) is 0 Å². The fourth-order valence-corrected chi connectivity index (χ4v) is 2.10. The smallest absolute Gasteiger partial charge is 0.405 e. The van der Waals surface area contributed by atoms with E-state index >= 15 is 0 Å². The van der Waals surface area contributed by atoms with E-state index in [1.54, 1.807) is 0 Å². The molecule has 0 amide bonds. The fourth-order valence-electron chi connectivity index (χ4n) is 2.10. The maximum Gasteiger partial charge on any atom is 0.573 e. The number of ether oxygens (including phenoxy) is 1. The topological polar surface area (TPSA) is 35.2 Å². The van der Waals surface area contributed by atoms with Gasteiger partial charge in [-0.1, -0.05) is 24.3 Å². The van der Waals surface area contributed by atoms with Gasteiger partial charge in [0.25, 0.3) is 0 Å². The molecule has 0 spiro atoms. The van der Waals surface area contributed by atoms with Gasteiger partial charge in [-0.3, -0.25) is 0 Å². The minimum absolute atomic E-state index is 0.0130. The summed E-state index contributed by atoms with van der Waals surface area (Å²) in [7, 11) is 0. The van der Waals surface area contributed by atoms with Gasteiger partial charge in [-0.05, 0) is 29.3 Å². The molecule has 0 atom stereocenters. The second-order valence-electron chi connectivity index (χ2n) is 4.62. The van der Waals surface area contributed by atoms with Crippen LogP contribution in [0.15, 0.2) is 42.5 Å². The molecule has 0 heterocycles. The Morgan fingerprint density at radius 3 is 2.09 bits per heavy atom. The monoisotopic (exact) mass is 335 g/mol. The van der Waals surface area contributed by atoms with Crippen molar-refractivity contribution >= 4 is 0 Å². The summed E-state index contributed by atoms with van der Waals surface area (Å²) < 4.78 is 79.4. The molecule has 23 heavy (non-hydrogen) atoms. The van der Waals surface area contributed by atoms with E-state index in [9.17, 15) is 26.3 Å². The van der Waals surface area contributed by atoms with Crippen LogP contribution in [0.4, 0.5) is 26.3 Å². The number of nitrogens with two attached hydrogens (primary N) is 1. The van der Waals surface area contributed by atoms with E-state index in [0.29, 0.717) is 0 Å². The maximum atomic E-state index is 12.7. The number of para-hydroxylation sites is 1. The largest absolute Gasteiger partial charge is 0.573 e. The quantitative estimate of drug-likeness (QED) is 0.823. The highest BCUT2D eigenvalue weighted by molar-refractivity contribution is 5.73. The Bertz CT molecular complexity index is 693. The summed E-state index contributed by atoms with van der Waals surface area (Å²) in [5, 5.41) is 0. The summed E-state index contributed by atoms with van der Waals surface area (Å²) in [6, 6.07) is 7.89. The molecule has 0 saturated carbocycles.